The van der Waals surface area contributed by atoms with Crippen LogP contribution >= 0.6 is 0 Å². The third-order valence-corrected chi connectivity index (χ3v) is 1.23. The van der Waals surface area contributed by atoms with Crippen molar-refractivity contribution in [2.45, 2.75) is 25.4 Å². The van der Waals surface area contributed by atoms with Gasteiger partial charge in [-0.25, -0.2) is 0 Å². The summed E-state index contributed by atoms with van der Waals surface area (Å²) in [5.74, 6) is 0. The first kappa shape index (κ1) is 6.11. The maximum Gasteiger partial charge on any atom is 0.147 e. The zero-order chi connectivity index (χ0) is 5.82. The third-order valence-electron chi connectivity index (χ3n) is 1.23. The molecule has 1 unspecified atom stereocenters. The number of hydrogen-bond donors (Lipinski definition) is 1. The van der Waals surface area contributed by atoms with Crippen molar-refractivity contribution in [3.05, 3.63) is 0 Å². The van der Waals surface area contributed by atoms with Gasteiger partial charge in [0, 0.05) is 6.61 Å². The topological polar surface area (TPSA) is 29.5 Å². The summed E-state index contributed by atoms with van der Waals surface area (Å²) >= 11 is 0. The van der Waals surface area contributed by atoms with E-state index in [1.165, 1.54) is 0 Å². The Balaban J connectivity index is 2.17. The Kier molecular flexibility index (Phi) is 2.37. The molecule has 8 heavy (non-hydrogen) atoms. The molecule has 1 aliphatic rings. The lowest BCUT2D eigenvalue weighted by Gasteiger charge is -2.04. The quantitative estimate of drug-likeness (QED) is 0.456. The van der Waals surface area contributed by atoms with Crippen LogP contribution in [0.15, 0.2) is 0 Å². The second kappa shape index (κ2) is 3.10. The molecule has 1 rings (SSSR count). The molecule has 0 amide bonds. The highest BCUT2D eigenvalue weighted by Gasteiger charge is 2.07. The van der Waals surface area contributed by atoms with Crippen LogP contribution in [0.5, 0.6) is 0 Å². The van der Waals surface area contributed by atoms with Gasteiger partial charge < -0.3 is 9.84 Å². The molecular formula is C5H10BO2. The summed E-state index contributed by atoms with van der Waals surface area (Å²) in [7, 11) is 2.07. The number of aliphatic hydroxyl groups is 1. The minimum Gasteiger partial charge on any atom is -0.369 e. The van der Waals surface area contributed by atoms with Gasteiger partial charge in [-0.1, -0.05) is 6.32 Å². The average molecular weight is 113 g/mol. The van der Waals surface area contributed by atoms with E-state index < -0.39 is 6.29 Å². The lowest BCUT2D eigenvalue weighted by molar-refractivity contribution is -0.0816. The average Bonchev–Trinajstić information content (AvgIpc) is 1.94. The molecule has 1 radical (unpaired) electrons. The van der Waals surface area contributed by atoms with Gasteiger partial charge in [0.1, 0.15) is 13.6 Å². The summed E-state index contributed by atoms with van der Waals surface area (Å²) in [6.45, 7) is 0.706. The lowest BCUT2D eigenvalue weighted by atomic mass is 9.70. The summed E-state index contributed by atoms with van der Waals surface area (Å²) in [5, 5.41) is 8.84. The summed E-state index contributed by atoms with van der Waals surface area (Å²) in [5.41, 5.74) is 0. The first-order valence-electron chi connectivity index (χ1n) is 3.01. The van der Waals surface area contributed by atoms with E-state index in [0.29, 0.717) is 12.9 Å². The van der Waals surface area contributed by atoms with Crippen LogP contribution in [0.2, 0.25) is 12.6 Å². The highest BCUT2D eigenvalue weighted by Crippen LogP contribution is 2.04. The lowest BCUT2D eigenvalue weighted by Crippen LogP contribution is -2.10. The van der Waals surface area contributed by atoms with E-state index in [0.717, 1.165) is 12.7 Å². The van der Waals surface area contributed by atoms with E-state index in [1.54, 1.807) is 0 Å². The van der Waals surface area contributed by atoms with Crippen molar-refractivity contribution >= 4 is 7.28 Å². The van der Waals surface area contributed by atoms with Gasteiger partial charge in [0.05, 0.1) is 0 Å². The van der Waals surface area contributed by atoms with Crippen LogP contribution in [-0.4, -0.2) is 25.3 Å². The Morgan fingerprint density at radius 1 is 1.62 bits per heavy atom. The Morgan fingerprint density at radius 2 is 2.50 bits per heavy atom. The standard InChI is InChI=1S/C5H10BO2/c7-5-4-6-2-1-3-8-5/h5,7H,1-4H2. The maximum atomic E-state index is 8.84. The molecule has 45 valence electrons. The van der Waals surface area contributed by atoms with Crippen LogP contribution in [0, 0.1) is 0 Å². The molecule has 0 saturated carbocycles. The molecule has 0 aromatic heterocycles. The van der Waals surface area contributed by atoms with Gasteiger partial charge in [-0.15, -0.1) is 0 Å². The molecule has 3 heteroatoms. The van der Waals surface area contributed by atoms with Gasteiger partial charge in [0.15, 0.2) is 0 Å². The van der Waals surface area contributed by atoms with Crippen LogP contribution in [0.1, 0.15) is 6.42 Å². The van der Waals surface area contributed by atoms with Crippen molar-refractivity contribution < 1.29 is 9.84 Å². The molecule has 1 N–H and O–H groups in total. The van der Waals surface area contributed by atoms with Crippen molar-refractivity contribution in [2.24, 2.45) is 0 Å². The summed E-state index contributed by atoms with van der Waals surface area (Å²) in [6, 6.07) is 0. The Hall–Kier alpha value is -0.0151. The fraction of sp³-hybridized carbons (Fsp3) is 1.00. The van der Waals surface area contributed by atoms with Crippen molar-refractivity contribution in [3.8, 4) is 0 Å². The van der Waals surface area contributed by atoms with E-state index in [9.17, 15) is 0 Å². The third kappa shape index (κ3) is 1.84. The largest absolute Gasteiger partial charge is 0.369 e. The van der Waals surface area contributed by atoms with Crippen LogP contribution < -0.4 is 0 Å². The SMILES string of the molecule is OC1C[B]CCCO1. The fourth-order valence-electron chi connectivity index (χ4n) is 0.776. The van der Waals surface area contributed by atoms with Gasteiger partial charge >= 0.3 is 0 Å². The van der Waals surface area contributed by atoms with E-state index in [-0.39, 0.29) is 0 Å². The fourth-order valence-corrected chi connectivity index (χ4v) is 0.776. The second-order valence-electron chi connectivity index (χ2n) is 1.99. The molecular weight excluding hydrogens is 103 g/mol. The predicted molar refractivity (Wildman–Crippen MR) is 31.9 cm³/mol. The normalized spacial score (nSPS) is 30.9. The molecule has 0 aromatic rings. The summed E-state index contributed by atoms with van der Waals surface area (Å²) < 4.78 is 4.93. The highest BCUT2D eigenvalue weighted by molar-refractivity contribution is 6.35. The van der Waals surface area contributed by atoms with Gasteiger partial charge in [-0.05, 0) is 12.7 Å². The minimum absolute atomic E-state index is 0.530. The number of rotatable bonds is 0. The van der Waals surface area contributed by atoms with Gasteiger partial charge in [0.2, 0.25) is 0 Å². The Morgan fingerprint density at radius 3 is 3.38 bits per heavy atom. The molecule has 1 saturated heterocycles. The van der Waals surface area contributed by atoms with Gasteiger partial charge in [-0.3, -0.25) is 0 Å². The zero-order valence-electron chi connectivity index (χ0n) is 4.84. The van der Waals surface area contributed by atoms with Crippen LogP contribution in [0.3, 0.4) is 0 Å². The van der Waals surface area contributed by atoms with Crippen LogP contribution in [0.25, 0.3) is 0 Å². The molecule has 0 bridgehead atoms. The van der Waals surface area contributed by atoms with Crippen molar-refractivity contribution in [2.75, 3.05) is 6.61 Å². The monoisotopic (exact) mass is 113 g/mol. The van der Waals surface area contributed by atoms with E-state index in [4.69, 9.17) is 9.84 Å². The number of aliphatic hydroxyl groups excluding tert-OH is 1. The van der Waals surface area contributed by atoms with Crippen LogP contribution in [-0.2, 0) is 4.74 Å². The smallest absolute Gasteiger partial charge is 0.147 e. The van der Waals surface area contributed by atoms with Crippen LogP contribution in [0.4, 0.5) is 0 Å². The predicted octanol–water partition coefficient (Wildman–Crippen LogP) is 0.266. The van der Waals surface area contributed by atoms with Gasteiger partial charge in [0.25, 0.3) is 0 Å². The van der Waals surface area contributed by atoms with E-state index >= 15 is 0 Å². The summed E-state index contributed by atoms with van der Waals surface area (Å²) in [4.78, 5) is 0. The zero-order valence-corrected chi connectivity index (χ0v) is 4.84. The van der Waals surface area contributed by atoms with E-state index in [2.05, 4.69) is 7.28 Å². The molecule has 2 nitrogen and oxygen atoms in total. The Labute approximate surface area is 50.1 Å². The second-order valence-corrected chi connectivity index (χ2v) is 1.99. The van der Waals surface area contributed by atoms with Gasteiger partial charge in [-0.2, -0.15) is 0 Å². The molecule has 1 aliphatic heterocycles. The molecule has 1 atom stereocenters. The highest BCUT2D eigenvalue weighted by atomic mass is 16.6. The first-order chi connectivity index (χ1) is 3.89. The number of hydrogen-bond acceptors (Lipinski definition) is 2. The molecule has 1 fully saturated rings. The molecule has 1 heterocycles. The van der Waals surface area contributed by atoms with Crippen molar-refractivity contribution in [1.29, 1.82) is 0 Å². The van der Waals surface area contributed by atoms with Crippen molar-refractivity contribution in [3.63, 3.8) is 0 Å². The minimum atomic E-state index is -0.530. The number of ether oxygens (including phenoxy) is 1. The molecule has 0 spiro atoms. The summed E-state index contributed by atoms with van der Waals surface area (Å²) in [6.07, 6.45) is 2.30. The first-order valence-corrected chi connectivity index (χ1v) is 3.01. The molecule has 0 aromatic carbocycles. The maximum absolute atomic E-state index is 8.84. The van der Waals surface area contributed by atoms with E-state index in [1.807, 2.05) is 0 Å². The van der Waals surface area contributed by atoms with Crippen molar-refractivity contribution in [1.82, 2.24) is 0 Å². The molecule has 0 aliphatic carbocycles. The Bertz CT molecular complexity index is 59.4.